The molecule has 0 spiro atoms. The molecule has 0 aliphatic carbocycles. The molecule has 0 aliphatic heterocycles. The van der Waals surface area contributed by atoms with Gasteiger partial charge in [0, 0.05) is 32.4 Å². The highest BCUT2D eigenvalue weighted by Gasteiger charge is 2.05. The summed E-state index contributed by atoms with van der Waals surface area (Å²) < 4.78 is 6.63. The number of ether oxygens (including phenoxy) is 1. The van der Waals surface area contributed by atoms with Crippen molar-refractivity contribution in [3.8, 4) is 5.75 Å². The summed E-state index contributed by atoms with van der Waals surface area (Å²) >= 11 is 1.67. The fraction of sp³-hybridized carbons (Fsp3) is 0.333. The summed E-state index contributed by atoms with van der Waals surface area (Å²) in [7, 11) is 3.74. The molecule has 0 atom stereocenters. The lowest BCUT2D eigenvalue weighted by molar-refractivity contribution is -0.114. The Kier molecular flexibility index (Phi) is 10.4. The van der Waals surface area contributed by atoms with E-state index in [0.717, 1.165) is 16.9 Å². The van der Waals surface area contributed by atoms with Crippen LogP contribution in [0.2, 0.25) is 0 Å². The second-order valence-corrected chi connectivity index (χ2v) is 6.25. The lowest BCUT2D eigenvalue weighted by Gasteiger charge is -2.12. The number of thiazole rings is 1. The maximum atomic E-state index is 11.0. The zero-order valence-corrected chi connectivity index (χ0v) is 18.2. The molecule has 0 aliphatic rings. The van der Waals surface area contributed by atoms with Crippen molar-refractivity contribution >= 4 is 44.5 Å². The zero-order chi connectivity index (χ0) is 20.9. The minimum absolute atomic E-state index is 0.107. The van der Waals surface area contributed by atoms with E-state index in [1.807, 2.05) is 64.6 Å². The van der Waals surface area contributed by atoms with Gasteiger partial charge >= 0.3 is 0 Å². The van der Waals surface area contributed by atoms with E-state index in [1.165, 1.54) is 11.6 Å². The number of amides is 1. The number of anilines is 3. The first-order valence-electron chi connectivity index (χ1n) is 9.30. The van der Waals surface area contributed by atoms with Crippen LogP contribution in [-0.4, -0.2) is 31.6 Å². The molecule has 7 heteroatoms. The highest BCUT2D eigenvalue weighted by molar-refractivity contribution is 7.16. The molecule has 3 rings (SSSR count). The van der Waals surface area contributed by atoms with Crippen LogP contribution in [0.25, 0.3) is 10.2 Å². The lowest BCUT2D eigenvalue weighted by Crippen LogP contribution is -2.08. The van der Waals surface area contributed by atoms with Crippen LogP contribution in [-0.2, 0) is 4.79 Å². The highest BCUT2D eigenvalue weighted by atomic mass is 32.1. The fourth-order valence-corrected chi connectivity index (χ4v) is 2.93. The molecular formula is C21H30N4O2S. The van der Waals surface area contributed by atoms with Crippen molar-refractivity contribution < 1.29 is 9.53 Å². The Morgan fingerprint density at radius 3 is 2.32 bits per heavy atom. The van der Waals surface area contributed by atoms with Gasteiger partial charge in [0.05, 0.1) is 28.0 Å². The van der Waals surface area contributed by atoms with Crippen LogP contribution in [0.5, 0.6) is 5.75 Å². The maximum Gasteiger partial charge on any atom is 0.221 e. The average Bonchev–Trinajstić information content (AvgIpc) is 3.19. The third kappa shape index (κ3) is 7.08. The van der Waals surface area contributed by atoms with Gasteiger partial charge in [-0.25, -0.2) is 4.98 Å². The summed E-state index contributed by atoms with van der Waals surface area (Å²) in [4.78, 5) is 15.2. The molecule has 2 aromatic carbocycles. The van der Waals surface area contributed by atoms with E-state index < -0.39 is 0 Å². The molecule has 1 heterocycles. The average molecular weight is 403 g/mol. The first-order valence-corrected chi connectivity index (χ1v) is 10.2. The number of carbonyl (C=O) groups excluding carboxylic acids is 1. The largest absolute Gasteiger partial charge is 0.492 e. The number of hydrogen-bond acceptors (Lipinski definition) is 6. The van der Waals surface area contributed by atoms with Crippen molar-refractivity contribution in [2.24, 2.45) is 0 Å². The number of rotatable bonds is 5. The van der Waals surface area contributed by atoms with Gasteiger partial charge in [-0.2, -0.15) is 0 Å². The molecule has 0 unspecified atom stereocenters. The van der Waals surface area contributed by atoms with E-state index in [9.17, 15) is 4.79 Å². The number of nitrogens with zero attached hydrogens (tertiary/aromatic N) is 1. The van der Waals surface area contributed by atoms with E-state index in [0.29, 0.717) is 18.0 Å². The normalized spacial score (nSPS) is 9.36. The minimum Gasteiger partial charge on any atom is -0.492 e. The number of benzene rings is 2. The van der Waals surface area contributed by atoms with Crippen molar-refractivity contribution in [2.75, 3.05) is 36.7 Å². The van der Waals surface area contributed by atoms with Crippen molar-refractivity contribution in [1.29, 1.82) is 0 Å². The molecular weight excluding hydrogens is 372 g/mol. The smallest absolute Gasteiger partial charge is 0.221 e. The number of aromatic nitrogens is 1. The van der Waals surface area contributed by atoms with Gasteiger partial charge in [-0.15, -0.1) is 11.3 Å². The monoisotopic (exact) mass is 402 g/mol. The van der Waals surface area contributed by atoms with Gasteiger partial charge in [-0.3, -0.25) is 4.79 Å². The molecule has 1 aromatic heterocycles. The van der Waals surface area contributed by atoms with Crippen LogP contribution in [0.3, 0.4) is 0 Å². The van der Waals surface area contributed by atoms with Crippen molar-refractivity contribution in [3.05, 3.63) is 41.9 Å². The molecule has 0 bridgehead atoms. The third-order valence-electron chi connectivity index (χ3n) is 3.50. The quantitative estimate of drug-likeness (QED) is 0.529. The molecule has 3 aromatic rings. The first kappa shape index (κ1) is 23.2. The summed E-state index contributed by atoms with van der Waals surface area (Å²) in [6.45, 7) is 7.96. The van der Waals surface area contributed by atoms with Gasteiger partial charge in [-0.05, 0) is 43.3 Å². The van der Waals surface area contributed by atoms with Gasteiger partial charge in [0.2, 0.25) is 5.91 Å². The lowest BCUT2D eigenvalue weighted by atomic mass is 10.2. The van der Waals surface area contributed by atoms with E-state index in [4.69, 9.17) is 4.74 Å². The molecule has 0 fully saturated rings. The number of nitrogens with one attached hydrogen (secondary N) is 3. The predicted octanol–water partition coefficient (Wildman–Crippen LogP) is 5.45. The first-order chi connectivity index (χ1) is 13.6. The molecule has 1 amide bonds. The summed E-state index contributed by atoms with van der Waals surface area (Å²) in [5.41, 5.74) is 5.67. The molecule has 3 N–H and O–H groups in total. The summed E-state index contributed by atoms with van der Waals surface area (Å²) in [6, 6.07) is 11.8. The topological polar surface area (TPSA) is 75.3 Å². The number of fused-ring (bicyclic) bond motifs is 1. The van der Waals surface area contributed by atoms with Crippen LogP contribution in [0.4, 0.5) is 17.1 Å². The van der Waals surface area contributed by atoms with Crippen LogP contribution < -0.4 is 20.7 Å². The van der Waals surface area contributed by atoms with Crippen molar-refractivity contribution in [2.45, 2.75) is 27.7 Å². The van der Waals surface area contributed by atoms with E-state index >= 15 is 0 Å². The molecule has 28 heavy (non-hydrogen) atoms. The minimum atomic E-state index is -0.107. The van der Waals surface area contributed by atoms with Crippen molar-refractivity contribution in [1.82, 2.24) is 4.98 Å². The van der Waals surface area contributed by atoms with Crippen LogP contribution in [0.1, 0.15) is 27.7 Å². The summed E-state index contributed by atoms with van der Waals surface area (Å²) in [5.74, 6) is 0.580. The third-order valence-corrected chi connectivity index (χ3v) is 4.31. The Labute approximate surface area is 171 Å². The Morgan fingerprint density at radius 2 is 1.71 bits per heavy atom. The van der Waals surface area contributed by atoms with Gasteiger partial charge in [0.1, 0.15) is 5.75 Å². The van der Waals surface area contributed by atoms with Gasteiger partial charge < -0.3 is 20.7 Å². The Morgan fingerprint density at radius 1 is 1.07 bits per heavy atom. The molecule has 0 radical (unpaired) electrons. The second-order valence-electron chi connectivity index (χ2n) is 5.36. The summed E-state index contributed by atoms with van der Waals surface area (Å²) in [5, 5.41) is 8.81. The predicted molar refractivity (Wildman–Crippen MR) is 122 cm³/mol. The number of carbonyl (C=O) groups is 1. The van der Waals surface area contributed by atoms with Crippen molar-refractivity contribution in [3.63, 3.8) is 0 Å². The standard InChI is InChI=1S/C11H16N2O2.C8H8N2S.C2H6/c1-4-15-11-6-5-9(12-3)7-10(11)13-8(2)14;1-9-6-2-3-8-7(4-6)10-5-11-8;1-2/h5-7,12H,4H2,1-3H3,(H,13,14);2-5,9H,1H3;1-2H3. The van der Waals surface area contributed by atoms with E-state index in [-0.39, 0.29) is 5.91 Å². The molecule has 6 nitrogen and oxygen atoms in total. The van der Waals surface area contributed by atoms with Gasteiger partial charge in [0.25, 0.3) is 0 Å². The Hall–Kier alpha value is -2.80. The van der Waals surface area contributed by atoms with Gasteiger partial charge in [-0.1, -0.05) is 13.8 Å². The zero-order valence-electron chi connectivity index (χ0n) is 17.4. The second kappa shape index (κ2) is 12.6. The van der Waals surface area contributed by atoms with Gasteiger partial charge in [0.15, 0.2) is 0 Å². The number of hydrogen-bond donors (Lipinski definition) is 3. The Balaban J connectivity index is 0.000000266. The van der Waals surface area contributed by atoms with Crippen LogP contribution in [0, 0.1) is 0 Å². The van der Waals surface area contributed by atoms with E-state index in [2.05, 4.69) is 33.1 Å². The molecule has 0 saturated heterocycles. The fourth-order valence-electron chi connectivity index (χ4n) is 2.27. The van der Waals surface area contributed by atoms with Crippen LogP contribution in [0.15, 0.2) is 41.9 Å². The molecule has 0 saturated carbocycles. The highest BCUT2D eigenvalue weighted by Crippen LogP contribution is 2.27. The SMILES string of the molecule is CC.CCOc1ccc(NC)cc1NC(C)=O.CNc1ccc2scnc2c1. The van der Waals surface area contributed by atoms with E-state index in [1.54, 1.807) is 11.3 Å². The molecule has 152 valence electrons. The summed E-state index contributed by atoms with van der Waals surface area (Å²) in [6.07, 6.45) is 0. The van der Waals surface area contributed by atoms with Crippen LogP contribution >= 0.6 is 11.3 Å². The Bertz CT molecular complexity index is 864. The maximum absolute atomic E-state index is 11.0.